The van der Waals surface area contributed by atoms with Crippen LogP contribution in [0.4, 0.5) is 5.69 Å². The van der Waals surface area contributed by atoms with Gasteiger partial charge in [0, 0.05) is 12.6 Å². The first-order valence-electron chi connectivity index (χ1n) is 14.5. The number of methoxy groups -OCH3 is 1. The van der Waals surface area contributed by atoms with Crippen LogP contribution in [0.3, 0.4) is 0 Å². The summed E-state index contributed by atoms with van der Waals surface area (Å²) in [5, 5.41) is 3.15. The molecule has 1 saturated carbocycles. The Kier molecular flexibility index (Phi) is 10.3. The summed E-state index contributed by atoms with van der Waals surface area (Å²) in [4.78, 5) is 29.4. The third-order valence-corrected chi connectivity index (χ3v) is 9.73. The second-order valence-electron chi connectivity index (χ2n) is 10.9. The number of nitrogens with one attached hydrogen (secondary N) is 1. The van der Waals surface area contributed by atoms with Crippen molar-refractivity contribution in [2.45, 2.75) is 76.4 Å². The van der Waals surface area contributed by atoms with Crippen LogP contribution in [0.5, 0.6) is 5.75 Å². The van der Waals surface area contributed by atoms with Crippen LogP contribution in [0.1, 0.15) is 55.7 Å². The van der Waals surface area contributed by atoms with Crippen LogP contribution in [0.2, 0.25) is 0 Å². The Balaban J connectivity index is 1.71. The van der Waals surface area contributed by atoms with Gasteiger partial charge in [-0.1, -0.05) is 61.7 Å². The smallest absolute Gasteiger partial charge is 0.264 e. The fourth-order valence-corrected chi connectivity index (χ4v) is 6.79. The lowest BCUT2D eigenvalue weighted by Gasteiger charge is -2.34. The van der Waals surface area contributed by atoms with Gasteiger partial charge in [0.05, 0.1) is 17.7 Å². The summed E-state index contributed by atoms with van der Waals surface area (Å²) >= 11 is 0. The number of hydrogen-bond acceptors (Lipinski definition) is 5. The normalized spacial score (nSPS) is 14.3. The van der Waals surface area contributed by atoms with Crippen molar-refractivity contribution in [3.8, 4) is 5.75 Å². The van der Waals surface area contributed by atoms with Gasteiger partial charge < -0.3 is 15.0 Å². The van der Waals surface area contributed by atoms with Gasteiger partial charge in [0.2, 0.25) is 11.8 Å². The zero-order valence-electron chi connectivity index (χ0n) is 24.9. The molecule has 42 heavy (non-hydrogen) atoms. The minimum absolute atomic E-state index is 0.0353. The predicted molar refractivity (Wildman–Crippen MR) is 165 cm³/mol. The molecule has 3 aromatic rings. The molecule has 224 valence electrons. The topological polar surface area (TPSA) is 96.0 Å². The van der Waals surface area contributed by atoms with E-state index in [4.69, 9.17) is 4.74 Å². The van der Waals surface area contributed by atoms with E-state index >= 15 is 0 Å². The summed E-state index contributed by atoms with van der Waals surface area (Å²) in [5.74, 6) is -0.133. The molecule has 1 atom stereocenters. The molecule has 1 N–H and O–H groups in total. The summed E-state index contributed by atoms with van der Waals surface area (Å²) < 4.78 is 34.4. The molecule has 0 aromatic heterocycles. The van der Waals surface area contributed by atoms with E-state index in [0.717, 1.165) is 46.7 Å². The van der Waals surface area contributed by atoms with Crippen LogP contribution < -0.4 is 14.4 Å². The van der Waals surface area contributed by atoms with Gasteiger partial charge >= 0.3 is 0 Å². The summed E-state index contributed by atoms with van der Waals surface area (Å²) in [5.41, 5.74) is 3.22. The van der Waals surface area contributed by atoms with Crippen LogP contribution in [-0.2, 0) is 26.2 Å². The van der Waals surface area contributed by atoms with Gasteiger partial charge in [-0.05, 0) is 80.6 Å². The molecular weight excluding hydrogens is 550 g/mol. The first-order chi connectivity index (χ1) is 20.1. The van der Waals surface area contributed by atoms with Gasteiger partial charge in [0.25, 0.3) is 10.0 Å². The van der Waals surface area contributed by atoms with Crippen LogP contribution >= 0.6 is 0 Å². The fraction of sp³-hybridized carbons (Fsp3) is 0.394. The zero-order valence-corrected chi connectivity index (χ0v) is 25.7. The van der Waals surface area contributed by atoms with Crippen molar-refractivity contribution in [1.29, 1.82) is 0 Å². The van der Waals surface area contributed by atoms with Gasteiger partial charge in [-0.3, -0.25) is 13.9 Å². The van der Waals surface area contributed by atoms with Crippen molar-refractivity contribution >= 4 is 27.5 Å². The van der Waals surface area contributed by atoms with Crippen molar-refractivity contribution in [3.63, 3.8) is 0 Å². The lowest BCUT2D eigenvalue weighted by Crippen LogP contribution is -2.53. The van der Waals surface area contributed by atoms with E-state index in [1.54, 1.807) is 24.3 Å². The van der Waals surface area contributed by atoms with Gasteiger partial charge in [-0.15, -0.1) is 0 Å². The number of benzene rings is 3. The average Bonchev–Trinajstić information content (AvgIpc) is 3.50. The molecule has 0 heterocycles. The molecule has 4 rings (SSSR count). The number of rotatable bonds is 12. The van der Waals surface area contributed by atoms with E-state index in [2.05, 4.69) is 5.32 Å². The molecule has 0 aliphatic heterocycles. The third-order valence-electron chi connectivity index (χ3n) is 7.94. The highest BCUT2D eigenvalue weighted by Crippen LogP contribution is 2.27. The summed E-state index contributed by atoms with van der Waals surface area (Å²) in [7, 11) is -2.63. The van der Waals surface area contributed by atoms with Crippen molar-refractivity contribution in [1.82, 2.24) is 10.2 Å². The molecule has 0 unspecified atom stereocenters. The maximum absolute atomic E-state index is 14.2. The second-order valence-corrected chi connectivity index (χ2v) is 12.7. The minimum atomic E-state index is -4.14. The van der Waals surface area contributed by atoms with Crippen molar-refractivity contribution in [2.24, 2.45) is 0 Å². The van der Waals surface area contributed by atoms with E-state index in [1.807, 2.05) is 57.2 Å². The SMILES string of the molecule is CC[C@@H](C(=O)NC1CCCC1)N(Cc1ccccc1C)C(=O)CN(c1ccc(C)cc1)S(=O)(=O)c1ccc(OC)cc1. The number of aryl methyl sites for hydroxylation is 2. The van der Waals surface area contributed by atoms with Crippen LogP contribution in [0, 0.1) is 13.8 Å². The Hall–Kier alpha value is -3.85. The number of hydrogen-bond donors (Lipinski definition) is 1. The maximum Gasteiger partial charge on any atom is 0.264 e. The summed E-state index contributed by atoms with van der Waals surface area (Å²) in [6, 6.07) is 20.2. The predicted octanol–water partition coefficient (Wildman–Crippen LogP) is 5.37. The minimum Gasteiger partial charge on any atom is -0.497 e. The highest BCUT2D eigenvalue weighted by molar-refractivity contribution is 7.92. The van der Waals surface area contributed by atoms with Gasteiger partial charge in [0.1, 0.15) is 18.3 Å². The molecule has 3 aromatic carbocycles. The van der Waals surface area contributed by atoms with E-state index in [0.29, 0.717) is 17.9 Å². The van der Waals surface area contributed by atoms with E-state index in [1.165, 1.54) is 24.1 Å². The highest BCUT2D eigenvalue weighted by atomic mass is 32.2. The van der Waals surface area contributed by atoms with Crippen LogP contribution in [0.15, 0.2) is 77.7 Å². The van der Waals surface area contributed by atoms with Gasteiger partial charge in [0.15, 0.2) is 0 Å². The Morgan fingerprint density at radius 2 is 1.60 bits per heavy atom. The number of amides is 2. The van der Waals surface area contributed by atoms with Crippen molar-refractivity contribution in [3.05, 3.63) is 89.5 Å². The quantitative estimate of drug-likeness (QED) is 0.305. The standard InChI is InChI=1S/C33H41N3O5S/c1-5-31(33(38)34-27-12-8-9-13-27)35(22-26-11-7-6-10-25(26)3)32(37)23-36(28-16-14-24(2)15-17-28)42(39,40)30-20-18-29(41-4)19-21-30/h6-7,10-11,14-21,27,31H,5,8-9,12-13,22-23H2,1-4H3,(H,34,38)/t31-/m0/s1. The third kappa shape index (κ3) is 7.31. The van der Waals surface area contributed by atoms with Crippen LogP contribution in [-0.4, -0.2) is 50.9 Å². The number of nitrogens with zero attached hydrogens (tertiary/aromatic N) is 2. The molecule has 9 heteroatoms. The fourth-order valence-electron chi connectivity index (χ4n) is 5.37. The number of carbonyl (C=O) groups is 2. The zero-order chi connectivity index (χ0) is 30.3. The molecule has 0 bridgehead atoms. The monoisotopic (exact) mass is 591 g/mol. The van der Waals surface area contributed by atoms with Crippen molar-refractivity contribution < 1.29 is 22.7 Å². The van der Waals surface area contributed by atoms with E-state index in [-0.39, 0.29) is 23.4 Å². The second kappa shape index (κ2) is 13.9. The lowest BCUT2D eigenvalue weighted by atomic mass is 10.1. The number of anilines is 1. The molecule has 1 aliphatic carbocycles. The summed E-state index contributed by atoms with van der Waals surface area (Å²) in [6.07, 6.45) is 4.39. The molecule has 1 aliphatic rings. The Morgan fingerprint density at radius 3 is 2.19 bits per heavy atom. The molecule has 0 saturated heterocycles. The lowest BCUT2D eigenvalue weighted by molar-refractivity contribution is -0.140. The summed E-state index contributed by atoms with van der Waals surface area (Å²) in [6.45, 7) is 5.48. The molecule has 8 nitrogen and oxygen atoms in total. The Labute approximate surface area is 249 Å². The van der Waals surface area contributed by atoms with E-state index in [9.17, 15) is 18.0 Å². The molecular formula is C33H41N3O5S. The van der Waals surface area contributed by atoms with Crippen LogP contribution in [0.25, 0.3) is 0 Å². The highest BCUT2D eigenvalue weighted by Gasteiger charge is 2.34. The molecule has 0 radical (unpaired) electrons. The number of ether oxygens (including phenoxy) is 1. The Bertz CT molecular complexity index is 1470. The molecule has 1 fully saturated rings. The van der Waals surface area contributed by atoms with Crippen molar-refractivity contribution in [2.75, 3.05) is 18.0 Å². The van der Waals surface area contributed by atoms with Gasteiger partial charge in [-0.2, -0.15) is 0 Å². The average molecular weight is 592 g/mol. The first kappa shape index (κ1) is 31.1. The maximum atomic E-state index is 14.2. The molecule has 0 spiro atoms. The molecule has 2 amide bonds. The number of carbonyl (C=O) groups excluding carboxylic acids is 2. The Morgan fingerprint density at radius 1 is 0.952 bits per heavy atom. The van der Waals surface area contributed by atoms with Gasteiger partial charge in [-0.25, -0.2) is 8.42 Å². The first-order valence-corrected chi connectivity index (χ1v) is 16.0. The van der Waals surface area contributed by atoms with E-state index < -0.39 is 28.5 Å². The largest absolute Gasteiger partial charge is 0.497 e. The number of sulfonamides is 1.